The molecule has 0 amide bonds. The summed E-state index contributed by atoms with van der Waals surface area (Å²) in [4.78, 5) is 0. The highest BCUT2D eigenvalue weighted by atomic mass is 19.2. The van der Waals surface area contributed by atoms with Crippen LogP contribution in [-0.2, 0) is 0 Å². The molecule has 19 heavy (non-hydrogen) atoms. The first-order valence-corrected chi connectivity index (χ1v) is 5.57. The molecule has 0 saturated heterocycles. The van der Waals surface area contributed by atoms with Crippen LogP contribution in [0.3, 0.4) is 0 Å². The standard InChI is InChI=1S/C14H12F3NO/c1-19-12-5-3-2-4-9(12)14(18)8-6-10(15)13(17)11(16)7-8/h2-7,14H,18H2,1H3. The minimum atomic E-state index is -1.50. The average Bonchev–Trinajstić information content (AvgIpc) is 2.43. The molecule has 100 valence electrons. The van der Waals surface area contributed by atoms with Crippen molar-refractivity contribution in [3.63, 3.8) is 0 Å². The van der Waals surface area contributed by atoms with E-state index in [0.717, 1.165) is 12.1 Å². The van der Waals surface area contributed by atoms with Crippen molar-refractivity contribution in [2.45, 2.75) is 6.04 Å². The maximum absolute atomic E-state index is 13.2. The first kappa shape index (κ1) is 13.4. The van der Waals surface area contributed by atoms with Gasteiger partial charge in [-0.05, 0) is 23.8 Å². The number of ether oxygens (including phenoxy) is 1. The normalized spacial score (nSPS) is 12.3. The van der Waals surface area contributed by atoms with Gasteiger partial charge in [-0.3, -0.25) is 0 Å². The third kappa shape index (κ3) is 2.56. The van der Waals surface area contributed by atoms with E-state index in [4.69, 9.17) is 10.5 Å². The summed E-state index contributed by atoms with van der Waals surface area (Å²) >= 11 is 0. The van der Waals surface area contributed by atoms with E-state index in [2.05, 4.69) is 0 Å². The molecule has 0 aromatic heterocycles. The first-order chi connectivity index (χ1) is 9.04. The molecule has 0 radical (unpaired) electrons. The van der Waals surface area contributed by atoms with Crippen molar-refractivity contribution in [1.82, 2.24) is 0 Å². The van der Waals surface area contributed by atoms with Crippen molar-refractivity contribution in [2.24, 2.45) is 5.73 Å². The summed E-state index contributed by atoms with van der Waals surface area (Å²) in [7, 11) is 1.47. The third-order valence-electron chi connectivity index (χ3n) is 2.84. The molecule has 0 aliphatic heterocycles. The van der Waals surface area contributed by atoms with Gasteiger partial charge in [0, 0.05) is 5.56 Å². The topological polar surface area (TPSA) is 35.2 Å². The van der Waals surface area contributed by atoms with Crippen molar-refractivity contribution in [1.29, 1.82) is 0 Å². The van der Waals surface area contributed by atoms with E-state index in [1.807, 2.05) is 0 Å². The predicted molar refractivity (Wildman–Crippen MR) is 65.3 cm³/mol. The highest BCUT2D eigenvalue weighted by Crippen LogP contribution is 2.29. The highest BCUT2D eigenvalue weighted by molar-refractivity contribution is 5.41. The van der Waals surface area contributed by atoms with E-state index in [0.29, 0.717) is 11.3 Å². The number of hydrogen-bond donors (Lipinski definition) is 1. The minimum absolute atomic E-state index is 0.140. The van der Waals surface area contributed by atoms with E-state index in [1.165, 1.54) is 7.11 Å². The summed E-state index contributed by atoms with van der Waals surface area (Å²) < 4.78 is 44.4. The second-order valence-corrected chi connectivity index (χ2v) is 4.02. The molecular weight excluding hydrogens is 255 g/mol. The van der Waals surface area contributed by atoms with E-state index in [-0.39, 0.29) is 5.56 Å². The Labute approximate surface area is 108 Å². The van der Waals surface area contributed by atoms with Crippen molar-refractivity contribution >= 4 is 0 Å². The van der Waals surface area contributed by atoms with Crippen molar-refractivity contribution < 1.29 is 17.9 Å². The van der Waals surface area contributed by atoms with Crippen LogP contribution in [0, 0.1) is 17.5 Å². The van der Waals surface area contributed by atoms with Crippen LogP contribution < -0.4 is 10.5 Å². The summed E-state index contributed by atoms with van der Waals surface area (Å²) in [5.74, 6) is -3.53. The van der Waals surface area contributed by atoms with Crippen LogP contribution in [0.25, 0.3) is 0 Å². The van der Waals surface area contributed by atoms with Gasteiger partial charge in [0.25, 0.3) is 0 Å². The molecule has 0 heterocycles. The fourth-order valence-corrected chi connectivity index (χ4v) is 1.86. The SMILES string of the molecule is COc1ccccc1C(N)c1cc(F)c(F)c(F)c1. The van der Waals surface area contributed by atoms with E-state index < -0.39 is 23.5 Å². The van der Waals surface area contributed by atoms with E-state index in [9.17, 15) is 13.2 Å². The molecule has 1 atom stereocenters. The number of benzene rings is 2. The molecule has 0 spiro atoms. The lowest BCUT2D eigenvalue weighted by Gasteiger charge is -2.16. The molecule has 2 N–H and O–H groups in total. The summed E-state index contributed by atoms with van der Waals surface area (Å²) in [5.41, 5.74) is 6.65. The smallest absolute Gasteiger partial charge is 0.194 e. The molecule has 0 saturated carbocycles. The van der Waals surface area contributed by atoms with Crippen LogP contribution in [0.1, 0.15) is 17.2 Å². The van der Waals surface area contributed by atoms with Gasteiger partial charge in [0.05, 0.1) is 13.2 Å². The zero-order valence-electron chi connectivity index (χ0n) is 10.2. The number of methoxy groups -OCH3 is 1. The molecule has 5 heteroatoms. The van der Waals surface area contributed by atoms with Crippen LogP contribution in [-0.4, -0.2) is 7.11 Å². The van der Waals surface area contributed by atoms with Gasteiger partial charge >= 0.3 is 0 Å². The molecule has 1 unspecified atom stereocenters. The Hall–Kier alpha value is -2.01. The Morgan fingerprint density at radius 3 is 2.21 bits per heavy atom. The fourth-order valence-electron chi connectivity index (χ4n) is 1.86. The predicted octanol–water partition coefficient (Wildman–Crippen LogP) is 3.16. The summed E-state index contributed by atoms with van der Waals surface area (Å²) in [5, 5.41) is 0. The summed E-state index contributed by atoms with van der Waals surface area (Å²) in [6.45, 7) is 0. The number of nitrogens with two attached hydrogens (primary N) is 1. The van der Waals surface area contributed by atoms with E-state index in [1.54, 1.807) is 24.3 Å². The number of hydrogen-bond acceptors (Lipinski definition) is 2. The van der Waals surface area contributed by atoms with Gasteiger partial charge in [0.2, 0.25) is 0 Å². The largest absolute Gasteiger partial charge is 0.496 e. The molecule has 0 bridgehead atoms. The monoisotopic (exact) mass is 267 g/mol. The van der Waals surface area contributed by atoms with Gasteiger partial charge in [0.15, 0.2) is 17.5 Å². The second kappa shape index (κ2) is 5.32. The number of rotatable bonds is 3. The molecule has 2 nitrogen and oxygen atoms in total. The van der Waals surface area contributed by atoms with Crippen molar-refractivity contribution in [2.75, 3.05) is 7.11 Å². The lowest BCUT2D eigenvalue weighted by atomic mass is 9.98. The summed E-state index contributed by atoms with van der Waals surface area (Å²) in [6.07, 6.45) is 0. The highest BCUT2D eigenvalue weighted by Gasteiger charge is 2.18. The Bertz CT molecular complexity index is 578. The maximum Gasteiger partial charge on any atom is 0.194 e. The van der Waals surface area contributed by atoms with Crippen LogP contribution >= 0.6 is 0 Å². The Morgan fingerprint density at radius 1 is 1.05 bits per heavy atom. The molecule has 0 aliphatic carbocycles. The van der Waals surface area contributed by atoms with E-state index >= 15 is 0 Å². The maximum atomic E-state index is 13.2. The Morgan fingerprint density at radius 2 is 1.63 bits per heavy atom. The average molecular weight is 267 g/mol. The fraction of sp³-hybridized carbons (Fsp3) is 0.143. The first-order valence-electron chi connectivity index (χ1n) is 5.57. The van der Waals surface area contributed by atoms with Gasteiger partial charge in [-0.1, -0.05) is 18.2 Å². The van der Waals surface area contributed by atoms with Gasteiger partial charge in [0.1, 0.15) is 5.75 Å². The molecule has 0 fully saturated rings. The zero-order valence-corrected chi connectivity index (χ0v) is 10.2. The van der Waals surface area contributed by atoms with Crippen LogP contribution in [0.5, 0.6) is 5.75 Å². The van der Waals surface area contributed by atoms with Crippen LogP contribution in [0.15, 0.2) is 36.4 Å². The quantitative estimate of drug-likeness (QED) is 0.867. The van der Waals surface area contributed by atoms with Gasteiger partial charge in [-0.25, -0.2) is 13.2 Å². The Balaban J connectivity index is 2.47. The van der Waals surface area contributed by atoms with Gasteiger partial charge in [-0.15, -0.1) is 0 Å². The van der Waals surface area contributed by atoms with Crippen molar-refractivity contribution in [3.05, 3.63) is 65.0 Å². The van der Waals surface area contributed by atoms with Crippen LogP contribution in [0.2, 0.25) is 0 Å². The number of para-hydroxylation sites is 1. The molecule has 0 aliphatic rings. The van der Waals surface area contributed by atoms with Gasteiger partial charge < -0.3 is 10.5 Å². The molecule has 2 rings (SSSR count). The lowest BCUT2D eigenvalue weighted by molar-refractivity contribution is 0.407. The molecule has 2 aromatic rings. The van der Waals surface area contributed by atoms with Gasteiger partial charge in [-0.2, -0.15) is 0 Å². The number of halogens is 3. The second-order valence-electron chi connectivity index (χ2n) is 4.02. The lowest BCUT2D eigenvalue weighted by Crippen LogP contribution is -2.14. The summed E-state index contributed by atoms with van der Waals surface area (Å²) in [6, 6.07) is 7.81. The third-order valence-corrected chi connectivity index (χ3v) is 2.84. The minimum Gasteiger partial charge on any atom is -0.496 e. The van der Waals surface area contributed by atoms with Crippen LogP contribution in [0.4, 0.5) is 13.2 Å². The van der Waals surface area contributed by atoms with Crippen molar-refractivity contribution in [3.8, 4) is 5.75 Å². The molecular formula is C14H12F3NO. The zero-order chi connectivity index (χ0) is 14.0. The molecule has 2 aromatic carbocycles. The Kier molecular flexibility index (Phi) is 3.76.